The Morgan fingerprint density at radius 3 is 2.67 bits per heavy atom. The van der Waals surface area contributed by atoms with E-state index in [1.54, 1.807) is 16.3 Å². The van der Waals surface area contributed by atoms with Crippen molar-refractivity contribution in [2.75, 3.05) is 19.6 Å². The topological polar surface area (TPSA) is 96.6 Å². The van der Waals surface area contributed by atoms with Gasteiger partial charge in [-0.2, -0.15) is 9.29 Å². The first-order chi connectivity index (χ1) is 14.5. The van der Waals surface area contributed by atoms with Gasteiger partial charge in [0.05, 0.1) is 0 Å². The Labute approximate surface area is 178 Å². The summed E-state index contributed by atoms with van der Waals surface area (Å²) in [6, 6.07) is 9.46. The van der Waals surface area contributed by atoms with Crippen molar-refractivity contribution in [1.82, 2.24) is 19.3 Å². The number of sulfonamides is 1. The Morgan fingerprint density at radius 2 is 1.87 bits per heavy atom. The number of rotatable bonds is 4. The zero-order valence-corrected chi connectivity index (χ0v) is 17.8. The molecule has 4 heterocycles. The van der Waals surface area contributed by atoms with Gasteiger partial charge < -0.3 is 9.42 Å². The number of nitrogens with zero attached hydrogens (tertiary/aromatic N) is 4. The van der Waals surface area contributed by atoms with Gasteiger partial charge in [-0.15, -0.1) is 11.3 Å². The molecule has 0 spiro atoms. The molecule has 30 heavy (non-hydrogen) atoms. The van der Waals surface area contributed by atoms with Crippen molar-refractivity contribution in [2.24, 2.45) is 0 Å². The number of fused-ring (bicyclic) bond motifs is 1. The van der Waals surface area contributed by atoms with Crippen molar-refractivity contribution in [1.29, 1.82) is 0 Å². The Balaban J connectivity index is 1.36. The molecule has 0 unspecified atom stereocenters. The molecule has 0 aliphatic carbocycles. The number of hydrogen-bond acceptors (Lipinski definition) is 7. The summed E-state index contributed by atoms with van der Waals surface area (Å²) in [5.74, 6) is -0.115. The van der Waals surface area contributed by atoms with Crippen molar-refractivity contribution in [3.8, 4) is 11.4 Å². The minimum absolute atomic E-state index is 0.0601. The fourth-order valence-corrected chi connectivity index (χ4v) is 6.58. The van der Waals surface area contributed by atoms with Crippen LogP contribution >= 0.6 is 11.3 Å². The first kappa shape index (κ1) is 19.4. The number of carbonyl (C=O) groups is 1. The van der Waals surface area contributed by atoms with E-state index in [1.165, 1.54) is 9.87 Å². The molecule has 1 amide bonds. The van der Waals surface area contributed by atoms with Gasteiger partial charge in [-0.25, -0.2) is 8.42 Å². The Hall–Kier alpha value is -2.56. The normalized spacial score (nSPS) is 17.3. The van der Waals surface area contributed by atoms with Gasteiger partial charge in [-0.3, -0.25) is 4.79 Å². The minimum atomic E-state index is -3.62. The van der Waals surface area contributed by atoms with Crippen molar-refractivity contribution in [3.63, 3.8) is 0 Å². The number of hydrogen-bond donors (Lipinski definition) is 0. The standard InChI is InChI=1S/C20H20N4O4S2/c25-20(23-8-3-4-9-23)19-21-18(22-28-19)16-11-17(29-13-16)30(26,27)24-10-7-14-5-1-2-6-15(14)12-24/h1-2,5-6,11,13H,3-4,7-10,12H2. The summed E-state index contributed by atoms with van der Waals surface area (Å²) >= 11 is 1.12. The molecule has 0 N–H and O–H groups in total. The van der Waals surface area contributed by atoms with Gasteiger partial charge in [0, 0.05) is 37.1 Å². The van der Waals surface area contributed by atoms with Crippen molar-refractivity contribution >= 4 is 27.3 Å². The molecule has 3 aromatic rings. The highest BCUT2D eigenvalue weighted by molar-refractivity contribution is 7.91. The highest BCUT2D eigenvalue weighted by Crippen LogP contribution is 2.31. The minimum Gasteiger partial charge on any atom is -0.334 e. The molecule has 5 rings (SSSR count). The molecule has 0 bridgehead atoms. The van der Waals surface area contributed by atoms with E-state index in [0.29, 0.717) is 38.2 Å². The van der Waals surface area contributed by atoms with E-state index in [2.05, 4.69) is 10.1 Å². The number of carbonyl (C=O) groups excluding carboxylic acids is 1. The molecule has 0 radical (unpaired) electrons. The van der Waals surface area contributed by atoms with E-state index >= 15 is 0 Å². The van der Waals surface area contributed by atoms with Crippen LogP contribution in [0.2, 0.25) is 0 Å². The van der Waals surface area contributed by atoms with Crippen LogP contribution in [0.4, 0.5) is 0 Å². The molecule has 0 atom stereocenters. The third-order valence-corrected chi connectivity index (χ3v) is 8.79. The largest absolute Gasteiger partial charge is 0.334 e. The van der Waals surface area contributed by atoms with Crippen LogP contribution in [-0.2, 0) is 23.0 Å². The van der Waals surface area contributed by atoms with Crippen LogP contribution in [0, 0.1) is 0 Å². The summed E-state index contributed by atoms with van der Waals surface area (Å²) in [5, 5.41) is 5.56. The van der Waals surface area contributed by atoms with E-state index in [4.69, 9.17) is 4.52 Å². The first-order valence-electron chi connectivity index (χ1n) is 9.81. The molecule has 10 heteroatoms. The maximum atomic E-state index is 13.1. The van der Waals surface area contributed by atoms with E-state index in [0.717, 1.165) is 29.7 Å². The van der Waals surface area contributed by atoms with E-state index in [9.17, 15) is 13.2 Å². The van der Waals surface area contributed by atoms with Gasteiger partial charge in [-0.05, 0) is 36.5 Å². The van der Waals surface area contributed by atoms with Crippen LogP contribution in [0.25, 0.3) is 11.4 Å². The Kier molecular flexibility index (Phi) is 4.92. The van der Waals surface area contributed by atoms with Crippen LogP contribution in [0.5, 0.6) is 0 Å². The van der Waals surface area contributed by atoms with E-state index in [-0.39, 0.29) is 21.8 Å². The highest BCUT2D eigenvalue weighted by atomic mass is 32.2. The summed E-state index contributed by atoms with van der Waals surface area (Å²) in [4.78, 5) is 18.3. The Bertz CT molecular complexity index is 1190. The third kappa shape index (κ3) is 3.44. The average Bonchev–Trinajstić information content (AvgIpc) is 3.54. The predicted molar refractivity (Wildman–Crippen MR) is 110 cm³/mol. The third-order valence-electron chi connectivity index (χ3n) is 5.53. The molecule has 1 saturated heterocycles. The second kappa shape index (κ2) is 7.60. The predicted octanol–water partition coefficient (Wildman–Crippen LogP) is 2.78. The fourth-order valence-electron chi connectivity index (χ4n) is 3.85. The van der Waals surface area contributed by atoms with Crippen LogP contribution in [-0.4, -0.2) is 53.3 Å². The molecule has 2 aliphatic heterocycles. The summed E-state index contributed by atoms with van der Waals surface area (Å²) in [7, 11) is -3.62. The SMILES string of the molecule is O=C(c1nc(-c2csc(S(=O)(=O)N3CCc4ccccc4C3)c2)no1)N1CCCC1. The fraction of sp³-hybridized carbons (Fsp3) is 0.350. The number of thiophene rings is 1. The number of likely N-dealkylation sites (tertiary alicyclic amines) is 1. The number of amides is 1. The molecule has 1 fully saturated rings. The van der Waals surface area contributed by atoms with Crippen LogP contribution in [0.3, 0.4) is 0 Å². The van der Waals surface area contributed by atoms with Crippen molar-refractivity contribution < 1.29 is 17.7 Å². The van der Waals surface area contributed by atoms with Crippen molar-refractivity contribution in [2.45, 2.75) is 30.0 Å². The van der Waals surface area contributed by atoms with Crippen LogP contribution in [0.1, 0.15) is 34.7 Å². The second-order valence-corrected chi connectivity index (χ2v) is 10.5. The highest BCUT2D eigenvalue weighted by Gasteiger charge is 2.30. The van der Waals surface area contributed by atoms with Gasteiger partial charge >= 0.3 is 11.8 Å². The van der Waals surface area contributed by atoms with Crippen LogP contribution in [0.15, 0.2) is 44.4 Å². The van der Waals surface area contributed by atoms with Crippen molar-refractivity contribution in [3.05, 3.63) is 52.7 Å². The summed E-state index contributed by atoms with van der Waals surface area (Å²) in [5.41, 5.74) is 2.75. The van der Waals surface area contributed by atoms with Gasteiger partial charge in [0.2, 0.25) is 5.82 Å². The van der Waals surface area contributed by atoms with Gasteiger partial charge in [0.15, 0.2) is 0 Å². The monoisotopic (exact) mass is 444 g/mol. The smallest absolute Gasteiger partial charge is 0.316 e. The number of aromatic nitrogens is 2. The molecular formula is C20H20N4O4S2. The second-order valence-electron chi connectivity index (χ2n) is 7.43. The lowest BCUT2D eigenvalue weighted by Gasteiger charge is -2.27. The zero-order chi connectivity index (χ0) is 20.7. The van der Waals surface area contributed by atoms with Gasteiger partial charge in [0.25, 0.3) is 10.0 Å². The van der Waals surface area contributed by atoms with Crippen LogP contribution < -0.4 is 0 Å². The molecule has 2 aliphatic rings. The van der Waals surface area contributed by atoms with Gasteiger partial charge in [-0.1, -0.05) is 29.4 Å². The molecule has 0 saturated carbocycles. The summed E-state index contributed by atoms with van der Waals surface area (Å²) < 4.78 is 33.2. The molecule has 156 valence electrons. The number of benzene rings is 1. The van der Waals surface area contributed by atoms with E-state index < -0.39 is 10.0 Å². The maximum Gasteiger partial charge on any atom is 0.316 e. The van der Waals surface area contributed by atoms with E-state index in [1.807, 2.05) is 24.3 Å². The lowest BCUT2D eigenvalue weighted by molar-refractivity contribution is 0.0743. The Morgan fingerprint density at radius 1 is 1.10 bits per heavy atom. The maximum absolute atomic E-state index is 13.1. The lowest BCUT2D eigenvalue weighted by Crippen LogP contribution is -2.35. The first-order valence-corrected chi connectivity index (χ1v) is 12.1. The molecule has 1 aromatic carbocycles. The van der Waals surface area contributed by atoms with Gasteiger partial charge in [0.1, 0.15) is 4.21 Å². The average molecular weight is 445 g/mol. The lowest BCUT2D eigenvalue weighted by atomic mass is 10.0. The molecular weight excluding hydrogens is 424 g/mol. The summed E-state index contributed by atoms with van der Waals surface area (Å²) in [6.07, 6.45) is 2.64. The molecule has 8 nitrogen and oxygen atoms in total. The summed E-state index contributed by atoms with van der Waals surface area (Å²) in [6.45, 7) is 2.19. The quantitative estimate of drug-likeness (QED) is 0.614. The molecule has 2 aromatic heterocycles. The zero-order valence-electron chi connectivity index (χ0n) is 16.2.